The second kappa shape index (κ2) is 6.27. The number of aromatic hydroxyl groups is 1. The van der Waals surface area contributed by atoms with E-state index in [1.807, 2.05) is 6.92 Å². The SMILES string of the molecule is C=CC[C@@]1(O)C(=O)OCc2c1cc1n(c2=O)Cc2c-1nc1ccc(O)cc1c2CC. The van der Waals surface area contributed by atoms with Crippen LogP contribution in [0, 0.1) is 0 Å². The molecule has 1 atom stereocenters. The number of hydrogen-bond acceptors (Lipinski definition) is 6. The highest BCUT2D eigenvalue weighted by Crippen LogP contribution is 2.40. The Morgan fingerprint density at radius 1 is 1.30 bits per heavy atom. The maximum Gasteiger partial charge on any atom is 0.343 e. The van der Waals surface area contributed by atoms with Crippen molar-refractivity contribution >= 4 is 16.9 Å². The Hall–Kier alpha value is -3.45. The van der Waals surface area contributed by atoms with E-state index in [2.05, 4.69) is 6.58 Å². The van der Waals surface area contributed by atoms with Crippen LogP contribution in [0.3, 0.4) is 0 Å². The zero-order chi connectivity index (χ0) is 21.2. The summed E-state index contributed by atoms with van der Waals surface area (Å²) in [4.78, 5) is 30.4. The van der Waals surface area contributed by atoms with Crippen molar-refractivity contribution in [2.24, 2.45) is 0 Å². The Morgan fingerprint density at radius 2 is 2.10 bits per heavy atom. The van der Waals surface area contributed by atoms with Crippen molar-refractivity contribution in [1.29, 1.82) is 0 Å². The number of phenols is 1. The lowest BCUT2D eigenvalue weighted by atomic mass is 9.85. The van der Waals surface area contributed by atoms with Crippen molar-refractivity contribution in [3.63, 3.8) is 0 Å². The molecule has 30 heavy (non-hydrogen) atoms. The number of benzene rings is 1. The number of aromatic nitrogens is 2. The van der Waals surface area contributed by atoms with E-state index >= 15 is 0 Å². The molecule has 1 aromatic carbocycles. The molecule has 0 saturated carbocycles. The fourth-order valence-electron chi connectivity index (χ4n) is 4.62. The highest BCUT2D eigenvalue weighted by molar-refractivity contribution is 5.89. The first kappa shape index (κ1) is 18.6. The van der Waals surface area contributed by atoms with Crippen molar-refractivity contribution < 1.29 is 19.7 Å². The van der Waals surface area contributed by atoms with Crippen LogP contribution in [0.1, 0.15) is 35.6 Å². The molecule has 0 amide bonds. The molecule has 0 saturated heterocycles. The summed E-state index contributed by atoms with van der Waals surface area (Å²) >= 11 is 0. The number of pyridine rings is 2. The van der Waals surface area contributed by atoms with Crippen LogP contribution in [0.25, 0.3) is 22.3 Å². The van der Waals surface area contributed by atoms with Crippen LogP contribution in [0.4, 0.5) is 0 Å². The van der Waals surface area contributed by atoms with E-state index in [9.17, 15) is 19.8 Å². The average Bonchev–Trinajstić information content (AvgIpc) is 3.09. The number of esters is 1. The minimum Gasteiger partial charge on any atom is -0.508 e. The number of aliphatic hydroxyl groups is 1. The summed E-state index contributed by atoms with van der Waals surface area (Å²) in [6, 6.07) is 6.70. The molecule has 4 heterocycles. The molecule has 2 aliphatic heterocycles. The van der Waals surface area contributed by atoms with Gasteiger partial charge in [-0.15, -0.1) is 6.58 Å². The van der Waals surface area contributed by atoms with E-state index in [0.29, 0.717) is 29.9 Å². The highest BCUT2D eigenvalue weighted by Gasteiger charge is 2.46. The van der Waals surface area contributed by atoms with Crippen LogP contribution in [0.15, 0.2) is 41.7 Å². The third-order valence-corrected chi connectivity index (χ3v) is 6.07. The quantitative estimate of drug-likeness (QED) is 0.402. The van der Waals surface area contributed by atoms with Gasteiger partial charge in [0.25, 0.3) is 5.56 Å². The molecule has 0 aliphatic carbocycles. The predicted molar refractivity (Wildman–Crippen MR) is 110 cm³/mol. The zero-order valence-corrected chi connectivity index (χ0v) is 16.4. The zero-order valence-electron chi connectivity index (χ0n) is 16.4. The number of carbonyl (C=O) groups excluding carboxylic acids is 1. The lowest BCUT2D eigenvalue weighted by molar-refractivity contribution is -0.171. The molecule has 0 radical (unpaired) electrons. The lowest BCUT2D eigenvalue weighted by Gasteiger charge is -2.31. The Labute approximate surface area is 171 Å². The van der Waals surface area contributed by atoms with Gasteiger partial charge in [0, 0.05) is 22.9 Å². The highest BCUT2D eigenvalue weighted by atomic mass is 16.6. The number of ether oxygens (including phenoxy) is 1. The van der Waals surface area contributed by atoms with E-state index in [1.54, 1.807) is 28.8 Å². The van der Waals surface area contributed by atoms with Crippen LogP contribution in [-0.2, 0) is 34.7 Å². The monoisotopic (exact) mass is 404 g/mol. The minimum absolute atomic E-state index is 0.0563. The van der Waals surface area contributed by atoms with Crippen LogP contribution in [0.2, 0.25) is 0 Å². The van der Waals surface area contributed by atoms with Crippen molar-refractivity contribution in [3.8, 4) is 17.1 Å². The molecule has 0 bridgehead atoms. The first-order valence-corrected chi connectivity index (χ1v) is 9.81. The molecule has 3 aromatic rings. The average molecular weight is 404 g/mol. The van der Waals surface area contributed by atoms with Gasteiger partial charge < -0.3 is 19.5 Å². The summed E-state index contributed by atoms with van der Waals surface area (Å²) in [5.41, 5.74) is 2.15. The molecule has 2 aliphatic rings. The van der Waals surface area contributed by atoms with Gasteiger partial charge in [0.1, 0.15) is 12.4 Å². The summed E-state index contributed by atoms with van der Waals surface area (Å²) < 4.78 is 6.73. The van der Waals surface area contributed by atoms with E-state index in [1.165, 1.54) is 6.08 Å². The fourth-order valence-corrected chi connectivity index (χ4v) is 4.62. The van der Waals surface area contributed by atoms with Crippen LogP contribution in [-0.4, -0.2) is 25.7 Å². The number of aryl methyl sites for hydroxylation is 1. The van der Waals surface area contributed by atoms with Crippen LogP contribution < -0.4 is 5.56 Å². The Morgan fingerprint density at radius 3 is 2.83 bits per heavy atom. The van der Waals surface area contributed by atoms with Crippen molar-refractivity contribution in [2.45, 2.75) is 38.5 Å². The van der Waals surface area contributed by atoms with Crippen LogP contribution >= 0.6 is 0 Å². The predicted octanol–water partition coefficient (Wildman–Crippen LogP) is 2.51. The normalized spacial score (nSPS) is 19.2. The molecular formula is C23H20N2O5. The van der Waals surface area contributed by atoms with Crippen LogP contribution in [0.5, 0.6) is 5.75 Å². The summed E-state index contributed by atoms with van der Waals surface area (Å²) in [5, 5.41) is 21.8. The smallest absolute Gasteiger partial charge is 0.343 e. The summed E-state index contributed by atoms with van der Waals surface area (Å²) in [5.74, 6) is -0.624. The largest absolute Gasteiger partial charge is 0.508 e. The van der Waals surface area contributed by atoms with Gasteiger partial charge in [-0.1, -0.05) is 13.0 Å². The first-order valence-electron chi connectivity index (χ1n) is 9.81. The molecule has 7 nitrogen and oxygen atoms in total. The summed E-state index contributed by atoms with van der Waals surface area (Å²) in [6.07, 6.45) is 2.08. The van der Waals surface area contributed by atoms with E-state index in [0.717, 1.165) is 16.5 Å². The molecule has 2 N–H and O–H groups in total. The number of rotatable bonds is 3. The summed E-state index contributed by atoms with van der Waals surface area (Å²) in [7, 11) is 0. The second-order valence-electron chi connectivity index (χ2n) is 7.71. The molecule has 2 aromatic heterocycles. The number of phenolic OH excluding ortho intramolecular Hbond substituents is 1. The molecule has 152 valence electrons. The van der Waals surface area contributed by atoms with Gasteiger partial charge >= 0.3 is 5.97 Å². The van der Waals surface area contributed by atoms with Gasteiger partial charge in [-0.05, 0) is 36.2 Å². The molecule has 0 fully saturated rings. The Balaban J connectivity index is 1.82. The number of carbonyl (C=O) groups is 1. The number of hydrogen-bond donors (Lipinski definition) is 2. The second-order valence-corrected chi connectivity index (χ2v) is 7.71. The molecular weight excluding hydrogens is 384 g/mol. The van der Waals surface area contributed by atoms with Gasteiger partial charge in [-0.25, -0.2) is 9.78 Å². The Bertz CT molecular complexity index is 1320. The van der Waals surface area contributed by atoms with Gasteiger partial charge in [-0.3, -0.25) is 4.79 Å². The lowest BCUT2D eigenvalue weighted by Crippen LogP contribution is -2.44. The summed E-state index contributed by atoms with van der Waals surface area (Å²) in [6.45, 7) is 5.80. The van der Waals surface area contributed by atoms with Gasteiger partial charge in [0.2, 0.25) is 0 Å². The van der Waals surface area contributed by atoms with E-state index in [4.69, 9.17) is 9.72 Å². The van der Waals surface area contributed by atoms with E-state index in [-0.39, 0.29) is 35.5 Å². The topological polar surface area (TPSA) is 102 Å². The standard InChI is InChI=1S/C23H20N2O5/c1-3-7-23(29)17-9-19-20-15(10-25(19)21(27)16(17)11-30-22(23)28)13(4-2)14-8-12(26)5-6-18(14)24-20/h3,5-6,8-9,26,29H,1,4,7,10-11H2,2H3/t23-/m0/s1. The number of nitrogens with zero attached hydrogens (tertiary/aromatic N) is 2. The maximum absolute atomic E-state index is 13.3. The number of fused-ring (bicyclic) bond motifs is 5. The molecule has 7 heteroatoms. The van der Waals surface area contributed by atoms with Gasteiger partial charge in [-0.2, -0.15) is 0 Å². The van der Waals surface area contributed by atoms with Crippen molar-refractivity contribution in [3.05, 3.63) is 69.5 Å². The first-order chi connectivity index (χ1) is 14.4. The third-order valence-electron chi connectivity index (χ3n) is 6.07. The molecule has 0 spiro atoms. The number of cyclic esters (lactones) is 1. The fraction of sp³-hybridized carbons (Fsp3) is 0.261. The molecule has 5 rings (SSSR count). The minimum atomic E-state index is -1.94. The van der Waals surface area contributed by atoms with Crippen molar-refractivity contribution in [1.82, 2.24) is 9.55 Å². The van der Waals surface area contributed by atoms with Crippen molar-refractivity contribution in [2.75, 3.05) is 0 Å². The third kappa shape index (κ3) is 2.32. The van der Waals surface area contributed by atoms with E-state index < -0.39 is 11.6 Å². The van der Waals surface area contributed by atoms with Gasteiger partial charge in [0.05, 0.1) is 29.0 Å². The van der Waals surface area contributed by atoms with Gasteiger partial charge in [0.15, 0.2) is 5.60 Å². The molecule has 0 unspecified atom stereocenters. The maximum atomic E-state index is 13.3. The Kier molecular flexibility index (Phi) is 3.88.